The summed E-state index contributed by atoms with van der Waals surface area (Å²) in [6.45, 7) is 3.53. The number of halogens is 2. The maximum Gasteiger partial charge on any atom is 0.126 e. The predicted molar refractivity (Wildman–Crippen MR) is 86.8 cm³/mol. The zero-order valence-electron chi connectivity index (χ0n) is 12.0. The topological polar surface area (TPSA) is 49.0 Å². The van der Waals surface area contributed by atoms with Gasteiger partial charge in [-0.1, -0.05) is 0 Å². The second-order valence-electron chi connectivity index (χ2n) is 5.16. The molecular weight excluding hydrogens is 347 g/mol. The van der Waals surface area contributed by atoms with Crippen LogP contribution in [0.1, 0.15) is 16.8 Å². The van der Waals surface area contributed by atoms with Crippen LogP contribution in [0.2, 0.25) is 0 Å². The summed E-state index contributed by atoms with van der Waals surface area (Å²) in [5, 5.41) is 19.9. The number of aromatic nitrogens is 1. The number of fused-ring (bicyclic) bond motifs is 1. The van der Waals surface area contributed by atoms with Gasteiger partial charge < -0.3 is 9.67 Å². The van der Waals surface area contributed by atoms with Crippen LogP contribution < -0.4 is 0 Å². The second kappa shape index (κ2) is 5.15. The first-order chi connectivity index (χ1) is 10.4. The molecule has 0 saturated carbocycles. The molecule has 1 heterocycles. The van der Waals surface area contributed by atoms with Crippen LogP contribution in [-0.4, -0.2) is 9.67 Å². The van der Waals surface area contributed by atoms with Gasteiger partial charge in [0.25, 0.3) is 0 Å². The van der Waals surface area contributed by atoms with E-state index in [9.17, 15) is 14.8 Å². The van der Waals surface area contributed by atoms with E-state index in [1.54, 1.807) is 31.2 Å². The van der Waals surface area contributed by atoms with Crippen molar-refractivity contribution in [2.75, 3.05) is 0 Å². The minimum Gasteiger partial charge on any atom is -0.508 e. The predicted octanol–water partition coefficient (Wildman–Crippen LogP) is 4.73. The van der Waals surface area contributed by atoms with E-state index >= 15 is 0 Å². The van der Waals surface area contributed by atoms with Crippen LogP contribution >= 0.6 is 15.9 Å². The Bertz CT molecular complexity index is 954. The number of aryl methyl sites for hydroxylation is 1. The molecule has 0 saturated heterocycles. The Kier molecular flexibility index (Phi) is 3.42. The van der Waals surface area contributed by atoms with Crippen LogP contribution in [0.25, 0.3) is 16.6 Å². The zero-order chi connectivity index (χ0) is 16.0. The maximum absolute atomic E-state index is 13.5. The summed E-state index contributed by atoms with van der Waals surface area (Å²) >= 11 is 3.44. The fourth-order valence-corrected chi connectivity index (χ4v) is 3.33. The number of phenols is 1. The summed E-state index contributed by atoms with van der Waals surface area (Å²) in [5.74, 6) is -0.182. The molecule has 0 aliphatic rings. The Labute approximate surface area is 135 Å². The average Bonchev–Trinajstić information content (AvgIpc) is 2.74. The zero-order valence-corrected chi connectivity index (χ0v) is 13.6. The molecule has 0 spiro atoms. The smallest absolute Gasteiger partial charge is 0.126 e. The molecule has 0 amide bonds. The summed E-state index contributed by atoms with van der Waals surface area (Å²) in [4.78, 5) is 0. The molecule has 3 rings (SSSR count). The molecule has 110 valence electrons. The van der Waals surface area contributed by atoms with E-state index in [0.717, 1.165) is 16.9 Å². The van der Waals surface area contributed by atoms with Crippen LogP contribution in [0.4, 0.5) is 4.39 Å². The fraction of sp³-hybridized carbons (Fsp3) is 0.118. The highest BCUT2D eigenvalue weighted by molar-refractivity contribution is 9.10. The molecule has 0 fully saturated rings. The van der Waals surface area contributed by atoms with Crippen molar-refractivity contribution < 1.29 is 9.50 Å². The van der Waals surface area contributed by atoms with Crippen LogP contribution in [-0.2, 0) is 0 Å². The van der Waals surface area contributed by atoms with Gasteiger partial charge in [0.1, 0.15) is 17.6 Å². The highest BCUT2D eigenvalue weighted by Crippen LogP contribution is 2.36. The highest BCUT2D eigenvalue weighted by atomic mass is 79.9. The van der Waals surface area contributed by atoms with E-state index in [4.69, 9.17) is 0 Å². The molecule has 3 aromatic rings. The molecule has 0 aliphatic heterocycles. The monoisotopic (exact) mass is 358 g/mol. The van der Waals surface area contributed by atoms with Crippen LogP contribution in [0.5, 0.6) is 5.75 Å². The van der Waals surface area contributed by atoms with Crippen molar-refractivity contribution in [2.24, 2.45) is 0 Å². The van der Waals surface area contributed by atoms with Gasteiger partial charge in [-0.05, 0) is 65.7 Å². The Morgan fingerprint density at radius 3 is 2.59 bits per heavy atom. The second-order valence-corrected chi connectivity index (χ2v) is 6.02. The SMILES string of the molecule is Cc1cc(-n2c(C)c(C#N)c3cc(O)cc(Br)c32)ccc1F. The number of aromatic hydroxyl groups is 1. The van der Waals surface area contributed by atoms with Gasteiger partial charge in [-0.15, -0.1) is 0 Å². The van der Waals surface area contributed by atoms with Gasteiger partial charge in [0.05, 0.1) is 11.1 Å². The fourth-order valence-electron chi connectivity index (χ4n) is 2.71. The number of nitriles is 1. The van der Waals surface area contributed by atoms with E-state index in [1.165, 1.54) is 6.07 Å². The molecule has 0 unspecified atom stereocenters. The van der Waals surface area contributed by atoms with Crippen molar-refractivity contribution in [3.8, 4) is 17.5 Å². The Morgan fingerprint density at radius 2 is 1.95 bits per heavy atom. The van der Waals surface area contributed by atoms with Gasteiger partial charge in [-0.3, -0.25) is 0 Å². The van der Waals surface area contributed by atoms with Crippen LogP contribution in [0.3, 0.4) is 0 Å². The minimum absolute atomic E-state index is 0.0864. The third-order valence-corrected chi connectivity index (χ3v) is 4.35. The lowest BCUT2D eigenvalue weighted by molar-refractivity contribution is 0.476. The molecule has 2 aromatic carbocycles. The molecular formula is C17H12BrFN2O. The summed E-state index contributed by atoms with van der Waals surface area (Å²) in [5.41, 5.74) is 3.32. The van der Waals surface area contributed by atoms with Crippen molar-refractivity contribution in [1.29, 1.82) is 5.26 Å². The summed E-state index contributed by atoms with van der Waals surface area (Å²) in [6.07, 6.45) is 0. The molecule has 22 heavy (non-hydrogen) atoms. The van der Waals surface area contributed by atoms with Crippen molar-refractivity contribution in [3.63, 3.8) is 0 Å². The van der Waals surface area contributed by atoms with Crippen molar-refractivity contribution in [2.45, 2.75) is 13.8 Å². The molecule has 5 heteroatoms. The molecule has 1 aromatic heterocycles. The van der Waals surface area contributed by atoms with E-state index in [1.807, 2.05) is 11.5 Å². The van der Waals surface area contributed by atoms with Crippen molar-refractivity contribution >= 4 is 26.8 Å². The normalized spacial score (nSPS) is 10.9. The molecule has 0 radical (unpaired) electrons. The molecule has 1 N–H and O–H groups in total. The Balaban J connectivity index is 2.46. The van der Waals surface area contributed by atoms with Gasteiger partial charge in [-0.25, -0.2) is 4.39 Å². The van der Waals surface area contributed by atoms with Gasteiger partial charge in [0.2, 0.25) is 0 Å². The number of hydrogen-bond donors (Lipinski definition) is 1. The van der Waals surface area contributed by atoms with E-state index in [2.05, 4.69) is 22.0 Å². The maximum atomic E-state index is 13.5. The summed E-state index contributed by atoms with van der Waals surface area (Å²) in [7, 11) is 0. The first-order valence-corrected chi connectivity index (χ1v) is 7.43. The molecule has 0 atom stereocenters. The van der Waals surface area contributed by atoms with Gasteiger partial charge in [-0.2, -0.15) is 5.26 Å². The first kappa shape index (κ1) is 14.6. The largest absolute Gasteiger partial charge is 0.508 e. The standard InChI is InChI=1S/C17H12BrFN2O/c1-9-5-11(3-4-16(9)19)21-10(2)14(8-20)13-6-12(22)7-15(18)17(13)21/h3-7,22H,1-2H3. The van der Waals surface area contributed by atoms with E-state index in [0.29, 0.717) is 21.0 Å². The number of nitrogens with zero attached hydrogens (tertiary/aromatic N) is 2. The lowest BCUT2D eigenvalue weighted by Crippen LogP contribution is -1.99. The molecule has 0 bridgehead atoms. The third-order valence-electron chi connectivity index (χ3n) is 3.75. The van der Waals surface area contributed by atoms with Gasteiger partial charge in [0, 0.05) is 21.2 Å². The van der Waals surface area contributed by atoms with Gasteiger partial charge in [0.15, 0.2) is 0 Å². The number of phenolic OH excluding ortho intramolecular Hbond substituents is 1. The lowest BCUT2D eigenvalue weighted by Gasteiger charge is -2.11. The summed E-state index contributed by atoms with van der Waals surface area (Å²) < 4.78 is 16.1. The van der Waals surface area contributed by atoms with Crippen LogP contribution in [0, 0.1) is 31.0 Å². The summed E-state index contributed by atoms with van der Waals surface area (Å²) in [6, 6.07) is 10.2. The molecule has 0 aliphatic carbocycles. The van der Waals surface area contributed by atoms with E-state index < -0.39 is 0 Å². The number of benzene rings is 2. The van der Waals surface area contributed by atoms with Crippen LogP contribution in [0.15, 0.2) is 34.8 Å². The average molecular weight is 359 g/mol. The van der Waals surface area contributed by atoms with Crippen molar-refractivity contribution in [3.05, 3.63) is 57.4 Å². The third kappa shape index (κ3) is 2.08. The van der Waals surface area contributed by atoms with E-state index in [-0.39, 0.29) is 11.6 Å². The highest BCUT2D eigenvalue weighted by Gasteiger charge is 2.18. The Morgan fingerprint density at radius 1 is 1.23 bits per heavy atom. The lowest BCUT2D eigenvalue weighted by atomic mass is 10.1. The Hall–Kier alpha value is -2.32. The molecule has 3 nitrogen and oxygen atoms in total. The quantitative estimate of drug-likeness (QED) is 0.683. The number of rotatable bonds is 1. The first-order valence-electron chi connectivity index (χ1n) is 6.64. The van der Waals surface area contributed by atoms with Gasteiger partial charge >= 0.3 is 0 Å². The minimum atomic E-state index is -0.268. The van der Waals surface area contributed by atoms with Crippen molar-refractivity contribution in [1.82, 2.24) is 4.57 Å². The number of hydrogen-bond acceptors (Lipinski definition) is 2.